The molecule has 1 aromatic carbocycles. The fourth-order valence-electron chi connectivity index (χ4n) is 4.60. The number of alkyl halides is 3. The second-order valence-corrected chi connectivity index (χ2v) is 7.45. The molecule has 0 N–H and O–H groups in total. The van der Waals surface area contributed by atoms with Crippen LogP contribution in [0.3, 0.4) is 0 Å². The molecular weight excluding hydrogens is 347 g/mol. The summed E-state index contributed by atoms with van der Waals surface area (Å²) in [5.41, 5.74) is -3.13. The summed E-state index contributed by atoms with van der Waals surface area (Å²) in [5, 5.41) is 0. The Hall–Kier alpha value is -2.57. The van der Waals surface area contributed by atoms with Gasteiger partial charge in [-0.1, -0.05) is 32.0 Å². The molecule has 2 aliphatic heterocycles. The third-order valence-electron chi connectivity index (χ3n) is 6.16. The minimum Gasteiger partial charge on any atom is -0.386 e. The summed E-state index contributed by atoms with van der Waals surface area (Å²) in [6, 6.07) is 6.76. The van der Waals surface area contributed by atoms with Crippen molar-refractivity contribution in [3.05, 3.63) is 46.5 Å². The Morgan fingerprint density at radius 1 is 1.00 bits per heavy atom. The number of carbonyl (C=O) groups is 2. The zero-order valence-electron chi connectivity index (χ0n) is 14.6. The van der Waals surface area contributed by atoms with Crippen molar-refractivity contribution in [3.63, 3.8) is 0 Å². The second kappa shape index (κ2) is 4.58. The summed E-state index contributed by atoms with van der Waals surface area (Å²) in [5.74, 6) is -2.23. The van der Waals surface area contributed by atoms with E-state index in [1.54, 1.807) is 57.0 Å². The maximum Gasteiger partial charge on any atom is 0.417 e. The first-order valence-electron chi connectivity index (χ1n) is 8.11. The van der Waals surface area contributed by atoms with Crippen LogP contribution in [0.2, 0.25) is 0 Å². The van der Waals surface area contributed by atoms with Crippen LogP contribution in [-0.2, 0) is 14.3 Å². The van der Waals surface area contributed by atoms with Crippen LogP contribution in [0, 0.1) is 5.41 Å². The molecule has 136 valence electrons. The van der Waals surface area contributed by atoms with Crippen molar-refractivity contribution in [2.75, 3.05) is 11.9 Å². The van der Waals surface area contributed by atoms with Gasteiger partial charge in [-0.2, -0.15) is 13.2 Å². The predicted octanol–water partition coefficient (Wildman–Crippen LogP) is 3.63. The SMILES string of the molecule is CN1c2ccccc2C2=C(C(F)(F)F)C3=C(C(=O)OC3=O)C(C)(C)[C@@]21C. The number of fused-ring (bicyclic) bond motifs is 3. The van der Waals surface area contributed by atoms with Gasteiger partial charge in [-0.3, -0.25) is 0 Å². The molecular formula is C19H16F3NO3. The van der Waals surface area contributed by atoms with Gasteiger partial charge >= 0.3 is 18.1 Å². The molecule has 0 unspecified atom stereocenters. The maximum atomic E-state index is 14.1. The van der Waals surface area contributed by atoms with Crippen LogP contribution in [0.5, 0.6) is 0 Å². The van der Waals surface area contributed by atoms with E-state index in [-0.39, 0.29) is 11.1 Å². The van der Waals surface area contributed by atoms with Gasteiger partial charge in [0.2, 0.25) is 0 Å². The smallest absolute Gasteiger partial charge is 0.386 e. The first-order valence-corrected chi connectivity index (χ1v) is 8.11. The molecule has 0 saturated heterocycles. The lowest BCUT2D eigenvalue weighted by atomic mass is 9.58. The lowest BCUT2D eigenvalue weighted by Crippen LogP contribution is -2.56. The van der Waals surface area contributed by atoms with Crippen LogP contribution < -0.4 is 4.90 Å². The van der Waals surface area contributed by atoms with Gasteiger partial charge in [-0.05, 0) is 13.0 Å². The first kappa shape index (κ1) is 16.9. The summed E-state index contributed by atoms with van der Waals surface area (Å²) in [4.78, 5) is 26.3. The Morgan fingerprint density at radius 3 is 2.23 bits per heavy atom. The van der Waals surface area contributed by atoms with Crippen molar-refractivity contribution < 1.29 is 27.5 Å². The number of halogens is 3. The standard InChI is InChI=1S/C19H16F3NO3/c1-17(2)14-11(15(24)26-16(14)25)13(19(20,21)22)12-9-7-5-6-8-10(9)23(4)18(12,17)3/h5-8H,1-4H3/t18-/m1/s1. The van der Waals surface area contributed by atoms with Crippen LogP contribution in [0.1, 0.15) is 26.3 Å². The number of hydrogen-bond acceptors (Lipinski definition) is 4. The number of para-hydroxylation sites is 1. The zero-order valence-corrected chi connectivity index (χ0v) is 14.6. The number of anilines is 1. The largest absolute Gasteiger partial charge is 0.417 e. The molecule has 7 heteroatoms. The molecule has 26 heavy (non-hydrogen) atoms. The number of esters is 2. The van der Waals surface area contributed by atoms with E-state index >= 15 is 0 Å². The van der Waals surface area contributed by atoms with Crippen LogP contribution in [0.25, 0.3) is 5.57 Å². The van der Waals surface area contributed by atoms with Gasteiger partial charge in [0, 0.05) is 29.3 Å². The van der Waals surface area contributed by atoms with Crippen molar-refractivity contribution in [1.82, 2.24) is 0 Å². The van der Waals surface area contributed by atoms with Crippen LogP contribution >= 0.6 is 0 Å². The number of likely N-dealkylation sites (N-methyl/N-ethyl adjacent to an activating group) is 1. The lowest BCUT2D eigenvalue weighted by Gasteiger charge is -2.50. The molecule has 1 aliphatic carbocycles. The molecule has 0 fully saturated rings. The topological polar surface area (TPSA) is 46.6 Å². The van der Waals surface area contributed by atoms with Crippen molar-refractivity contribution in [2.24, 2.45) is 5.41 Å². The maximum absolute atomic E-state index is 14.1. The van der Waals surface area contributed by atoms with E-state index in [2.05, 4.69) is 4.74 Å². The number of carbonyl (C=O) groups excluding carboxylic acids is 2. The van der Waals surface area contributed by atoms with Crippen molar-refractivity contribution in [3.8, 4) is 0 Å². The summed E-state index contributed by atoms with van der Waals surface area (Å²) in [6.07, 6.45) is -4.81. The molecule has 4 nitrogen and oxygen atoms in total. The molecule has 0 aromatic heterocycles. The molecule has 0 amide bonds. The fourth-order valence-corrected chi connectivity index (χ4v) is 4.60. The molecule has 1 atom stereocenters. The van der Waals surface area contributed by atoms with Crippen molar-refractivity contribution >= 4 is 23.2 Å². The van der Waals surface area contributed by atoms with Gasteiger partial charge < -0.3 is 9.64 Å². The molecule has 0 saturated carbocycles. The first-order chi connectivity index (χ1) is 11.9. The van der Waals surface area contributed by atoms with Gasteiger partial charge in [0.1, 0.15) is 0 Å². The van der Waals surface area contributed by atoms with Gasteiger partial charge in [0.05, 0.1) is 22.3 Å². The Balaban J connectivity index is 2.22. The minimum absolute atomic E-state index is 0.0125. The highest BCUT2D eigenvalue weighted by Gasteiger charge is 2.65. The Morgan fingerprint density at radius 2 is 1.62 bits per heavy atom. The van der Waals surface area contributed by atoms with Crippen LogP contribution in [0.15, 0.2) is 41.0 Å². The van der Waals surface area contributed by atoms with E-state index < -0.39 is 40.2 Å². The average molecular weight is 363 g/mol. The minimum atomic E-state index is -4.81. The highest BCUT2D eigenvalue weighted by molar-refractivity contribution is 6.19. The van der Waals surface area contributed by atoms with Gasteiger partial charge in [0.25, 0.3) is 0 Å². The summed E-state index contributed by atoms with van der Waals surface area (Å²) in [7, 11) is 1.70. The molecule has 4 rings (SSSR count). The molecule has 0 spiro atoms. The third kappa shape index (κ3) is 1.66. The molecule has 1 aromatic rings. The van der Waals surface area contributed by atoms with Crippen molar-refractivity contribution in [2.45, 2.75) is 32.5 Å². The lowest BCUT2D eigenvalue weighted by molar-refractivity contribution is -0.152. The van der Waals surface area contributed by atoms with Crippen LogP contribution in [-0.4, -0.2) is 30.7 Å². The second-order valence-electron chi connectivity index (χ2n) is 7.45. The molecule has 2 heterocycles. The summed E-state index contributed by atoms with van der Waals surface area (Å²) < 4.78 is 47.0. The number of rotatable bonds is 0. The quantitative estimate of drug-likeness (QED) is 0.522. The highest BCUT2D eigenvalue weighted by atomic mass is 19.4. The highest BCUT2D eigenvalue weighted by Crippen LogP contribution is 2.64. The van der Waals surface area contributed by atoms with Gasteiger partial charge in [-0.15, -0.1) is 0 Å². The number of cyclic esters (lactones) is 2. The number of nitrogens with zero attached hydrogens (tertiary/aromatic N) is 1. The predicted molar refractivity (Wildman–Crippen MR) is 88.1 cm³/mol. The van der Waals surface area contributed by atoms with Crippen molar-refractivity contribution in [1.29, 1.82) is 0 Å². The Kier molecular flexibility index (Phi) is 2.97. The molecule has 0 radical (unpaired) electrons. The van der Waals surface area contributed by atoms with E-state index in [4.69, 9.17) is 0 Å². The van der Waals surface area contributed by atoms with E-state index in [0.29, 0.717) is 11.3 Å². The number of benzene rings is 1. The summed E-state index contributed by atoms with van der Waals surface area (Å²) >= 11 is 0. The van der Waals surface area contributed by atoms with E-state index in [1.807, 2.05) is 0 Å². The Labute approximate surface area is 147 Å². The zero-order chi connectivity index (χ0) is 19.2. The molecule has 0 bridgehead atoms. The monoisotopic (exact) mass is 363 g/mol. The number of ether oxygens (including phenoxy) is 1. The third-order valence-corrected chi connectivity index (χ3v) is 6.16. The van der Waals surface area contributed by atoms with E-state index in [0.717, 1.165) is 0 Å². The molecule has 3 aliphatic rings. The van der Waals surface area contributed by atoms with Crippen LogP contribution in [0.4, 0.5) is 18.9 Å². The van der Waals surface area contributed by atoms with Gasteiger partial charge in [-0.25, -0.2) is 9.59 Å². The normalized spacial score (nSPS) is 26.8. The average Bonchev–Trinajstić information content (AvgIpc) is 2.95. The van der Waals surface area contributed by atoms with E-state index in [1.165, 1.54) is 0 Å². The van der Waals surface area contributed by atoms with E-state index in [9.17, 15) is 22.8 Å². The number of hydrogen-bond donors (Lipinski definition) is 0. The fraction of sp³-hybridized carbons (Fsp3) is 0.368. The summed E-state index contributed by atoms with van der Waals surface area (Å²) in [6.45, 7) is 5.03. The Bertz CT molecular complexity index is 955. The van der Waals surface area contributed by atoms with Gasteiger partial charge in [0.15, 0.2) is 0 Å².